The highest BCUT2D eigenvalue weighted by Gasteiger charge is 2.15. The summed E-state index contributed by atoms with van der Waals surface area (Å²) in [4.78, 5) is 14.5. The molecule has 3 aromatic carbocycles. The highest BCUT2D eigenvalue weighted by molar-refractivity contribution is 6.30. The minimum Gasteiger partial charge on any atom is -0.488 e. The van der Waals surface area contributed by atoms with Gasteiger partial charge < -0.3 is 14.8 Å². The Bertz CT molecular complexity index is 1180. The lowest BCUT2D eigenvalue weighted by Gasteiger charge is -2.15. The van der Waals surface area contributed by atoms with Crippen LogP contribution in [0.4, 0.5) is 0 Å². The van der Waals surface area contributed by atoms with Crippen LogP contribution in [0.1, 0.15) is 18.1 Å². The van der Waals surface area contributed by atoms with Gasteiger partial charge in [-0.15, -0.1) is 0 Å². The largest absolute Gasteiger partial charge is 0.488 e. The van der Waals surface area contributed by atoms with Crippen LogP contribution in [0.15, 0.2) is 72.9 Å². The lowest BCUT2D eigenvalue weighted by atomic mass is 9.96. The predicted molar refractivity (Wildman–Crippen MR) is 120 cm³/mol. The van der Waals surface area contributed by atoms with Gasteiger partial charge in [-0.25, -0.2) is 0 Å². The first-order chi connectivity index (χ1) is 14.5. The second kappa shape index (κ2) is 8.64. The second-order valence-electron chi connectivity index (χ2n) is 7.47. The van der Waals surface area contributed by atoms with E-state index in [0.29, 0.717) is 18.1 Å². The van der Waals surface area contributed by atoms with Gasteiger partial charge >= 0.3 is 5.97 Å². The van der Waals surface area contributed by atoms with Gasteiger partial charge in [0.25, 0.3) is 0 Å². The number of benzene rings is 3. The van der Waals surface area contributed by atoms with Crippen molar-refractivity contribution in [2.75, 3.05) is 0 Å². The standard InChI is InChI=1S/C25H22ClNO3/c1-16(25(28)29)12-18-4-9-24(30-15-17-2-6-21(26)7-3-17)22(13-18)19-5-8-23-20(14-19)10-11-27-23/h2-11,13-14,16,27H,12,15H2,1H3,(H,28,29). The summed E-state index contributed by atoms with van der Waals surface area (Å²) in [7, 11) is 0. The number of nitrogens with one attached hydrogen (secondary N) is 1. The first kappa shape index (κ1) is 20.0. The zero-order valence-corrected chi connectivity index (χ0v) is 17.3. The van der Waals surface area contributed by atoms with E-state index in [-0.39, 0.29) is 0 Å². The van der Waals surface area contributed by atoms with Gasteiger partial charge in [-0.2, -0.15) is 0 Å². The Morgan fingerprint density at radius 1 is 1.03 bits per heavy atom. The Morgan fingerprint density at radius 3 is 2.57 bits per heavy atom. The fourth-order valence-electron chi connectivity index (χ4n) is 3.46. The highest BCUT2D eigenvalue weighted by atomic mass is 35.5. The van der Waals surface area contributed by atoms with Crippen molar-refractivity contribution in [2.45, 2.75) is 20.0 Å². The van der Waals surface area contributed by atoms with Crippen LogP contribution in [0, 0.1) is 5.92 Å². The number of carboxylic acid groups (broad SMARTS) is 1. The molecule has 4 rings (SSSR count). The van der Waals surface area contributed by atoms with Crippen LogP contribution >= 0.6 is 11.6 Å². The zero-order chi connectivity index (χ0) is 21.1. The molecule has 4 aromatic rings. The van der Waals surface area contributed by atoms with Crippen LogP contribution in [-0.2, 0) is 17.8 Å². The van der Waals surface area contributed by atoms with Gasteiger partial charge in [-0.05, 0) is 71.0 Å². The molecule has 0 amide bonds. The number of carboxylic acids is 1. The number of ether oxygens (including phenoxy) is 1. The summed E-state index contributed by atoms with van der Waals surface area (Å²) < 4.78 is 6.15. The quantitative estimate of drug-likeness (QED) is 0.368. The molecule has 0 bridgehead atoms. The summed E-state index contributed by atoms with van der Waals surface area (Å²) >= 11 is 5.97. The molecule has 0 aliphatic rings. The number of fused-ring (bicyclic) bond motifs is 1. The van der Waals surface area contributed by atoms with E-state index < -0.39 is 11.9 Å². The number of halogens is 1. The number of H-pyrrole nitrogens is 1. The summed E-state index contributed by atoms with van der Waals surface area (Å²) in [6.45, 7) is 2.14. The number of carbonyl (C=O) groups is 1. The molecule has 152 valence electrons. The van der Waals surface area contributed by atoms with E-state index >= 15 is 0 Å². The van der Waals surface area contributed by atoms with Crippen molar-refractivity contribution in [1.82, 2.24) is 4.98 Å². The molecule has 1 unspecified atom stereocenters. The van der Waals surface area contributed by atoms with E-state index in [0.717, 1.165) is 38.9 Å². The minimum atomic E-state index is -0.798. The van der Waals surface area contributed by atoms with Crippen LogP contribution in [0.2, 0.25) is 5.02 Å². The number of hydrogen-bond acceptors (Lipinski definition) is 2. The third-order valence-electron chi connectivity index (χ3n) is 5.18. The lowest BCUT2D eigenvalue weighted by Crippen LogP contribution is -2.12. The maximum Gasteiger partial charge on any atom is 0.306 e. The highest BCUT2D eigenvalue weighted by Crippen LogP contribution is 2.34. The molecule has 0 aliphatic carbocycles. The van der Waals surface area contributed by atoms with E-state index in [1.807, 2.05) is 66.9 Å². The van der Waals surface area contributed by atoms with Gasteiger partial charge in [0.05, 0.1) is 5.92 Å². The number of hydrogen-bond donors (Lipinski definition) is 2. The van der Waals surface area contributed by atoms with Crippen LogP contribution in [0.25, 0.3) is 22.0 Å². The molecule has 5 heteroatoms. The molecule has 0 radical (unpaired) electrons. The maximum absolute atomic E-state index is 11.3. The Hall–Kier alpha value is -3.24. The van der Waals surface area contributed by atoms with Crippen molar-refractivity contribution in [3.05, 3.63) is 89.1 Å². The molecule has 0 spiro atoms. The first-order valence-corrected chi connectivity index (χ1v) is 10.2. The zero-order valence-electron chi connectivity index (χ0n) is 16.6. The molecule has 1 atom stereocenters. The fourth-order valence-corrected chi connectivity index (χ4v) is 3.58. The Labute approximate surface area is 180 Å². The van der Waals surface area contributed by atoms with Gasteiger partial charge in [0.1, 0.15) is 12.4 Å². The minimum absolute atomic E-state index is 0.418. The predicted octanol–water partition coefficient (Wildman–Crippen LogP) is 6.33. The average molecular weight is 420 g/mol. The monoisotopic (exact) mass is 419 g/mol. The van der Waals surface area contributed by atoms with E-state index in [1.165, 1.54) is 0 Å². The SMILES string of the molecule is CC(Cc1ccc(OCc2ccc(Cl)cc2)c(-c2ccc3[nH]ccc3c2)c1)C(=O)O. The lowest BCUT2D eigenvalue weighted by molar-refractivity contribution is -0.141. The molecule has 4 nitrogen and oxygen atoms in total. The number of rotatable bonds is 7. The van der Waals surface area contributed by atoms with Crippen LogP contribution in [-0.4, -0.2) is 16.1 Å². The van der Waals surface area contributed by atoms with E-state index in [1.54, 1.807) is 6.92 Å². The Kier molecular flexibility index (Phi) is 5.77. The maximum atomic E-state index is 11.3. The van der Waals surface area contributed by atoms with E-state index in [9.17, 15) is 9.90 Å². The van der Waals surface area contributed by atoms with Crippen molar-refractivity contribution >= 4 is 28.5 Å². The molecular formula is C25H22ClNO3. The molecule has 2 N–H and O–H groups in total. The molecular weight excluding hydrogens is 398 g/mol. The summed E-state index contributed by atoms with van der Waals surface area (Å²) in [6, 6.07) is 21.7. The summed E-state index contributed by atoms with van der Waals surface area (Å²) in [5.74, 6) is -0.495. The van der Waals surface area contributed by atoms with E-state index in [4.69, 9.17) is 16.3 Å². The van der Waals surface area contributed by atoms with Crippen molar-refractivity contribution in [3.63, 3.8) is 0 Å². The average Bonchev–Trinajstić information content (AvgIpc) is 3.21. The molecule has 0 saturated carbocycles. The number of aromatic nitrogens is 1. The Morgan fingerprint density at radius 2 is 1.80 bits per heavy atom. The van der Waals surface area contributed by atoms with Crippen molar-refractivity contribution in [3.8, 4) is 16.9 Å². The molecule has 30 heavy (non-hydrogen) atoms. The molecule has 1 heterocycles. The van der Waals surface area contributed by atoms with Gasteiger partial charge in [-0.3, -0.25) is 4.79 Å². The molecule has 0 saturated heterocycles. The van der Waals surface area contributed by atoms with Crippen molar-refractivity contribution in [2.24, 2.45) is 5.92 Å². The number of aromatic amines is 1. The third kappa shape index (κ3) is 4.50. The normalized spacial score (nSPS) is 12.1. The van der Waals surface area contributed by atoms with Crippen LogP contribution in [0.3, 0.4) is 0 Å². The second-order valence-corrected chi connectivity index (χ2v) is 7.91. The molecule has 1 aromatic heterocycles. The summed E-state index contributed by atoms with van der Waals surface area (Å²) in [5.41, 5.74) is 5.03. The number of aliphatic carboxylic acids is 1. The van der Waals surface area contributed by atoms with Gasteiger partial charge in [0.2, 0.25) is 0 Å². The van der Waals surface area contributed by atoms with E-state index in [2.05, 4.69) is 11.1 Å². The van der Waals surface area contributed by atoms with Gasteiger partial charge in [0, 0.05) is 22.3 Å². The molecule has 0 fully saturated rings. The third-order valence-corrected chi connectivity index (χ3v) is 5.43. The topological polar surface area (TPSA) is 62.3 Å². The van der Waals surface area contributed by atoms with Crippen LogP contribution < -0.4 is 4.74 Å². The Balaban J connectivity index is 1.68. The van der Waals surface area contributed by atoms with Crippen molar-refractivity contribution < 1.29 is 14.6 Å². The van der Waals surface area contributed by atoms with Gasteiger partial charge in [-0.1, -0.05) is 42.8 Å². The summed E-state index contributed by atoms with van der Waals surface area (Å²) in [5, 5.41) is 11.1. The van der Waals surface area contributed by atoms with Crippen molar-refractivity contribution in [1.29, 1.82) is 0 Å². The smallest absolute Gasteiger partial charge is 0.306 e. The van der Waals surface area contributed by atoms with Crippen LogP contribution in [0.5, 0.6) is 5.75 Å². The van der Waals surface area contributed by atoms with Gasteiger partial charge in [0.15, 0.2) is 0 Å². The molecule has 0 aliphatic heterocycles. The summed E-state index contributed by atoms with van der Waals surface area (Å²) in [6.07, 6.45) is 2.38. The first-order valence-electron chi connectivity index (χ1n) is 9.80. The fraction of sp³-hybridized carbons (Fsp3) is 0.160.